The number of amides is 1. The Morgan fingerprint density at radius 3 is 3.05 bits per heavy atom. The zero-order valence-electron chi connectivity index (χ0n) is 10.7. The third kappa shape index (κ3) is 2.02. The van der Waals surface area contributed by atoms with E-state index < -0.39 is 0 Å². The minimum atomic E-state index is -0.0200. The highest BCUT2D eigenvalue weighted by Gasteiger charge is 2.33. The maximum Gasteiger partial charge on any atom is 0.274 e. The van der Waals surface area contributed by atoms with E-state index in [-0.39, 0.29) is 11.9 Å². The summed E-state index contributed by atoms with van der Waals surface area (Å²) in [7, 11) is 1.75. The highest BCUT2D eigenvalue weighted by molar-refractivity contribution is 7.10. The number of hydrogen-bond donors (Lipinski definition) is 1. The first-order valence-electron chi connectivity index (χ1n) is 6.30. The fourth-order valence-electron chi connectivity index (χ4n) is 2.64. The lowest BCUT2D eigenvalue weighted by Gasteiger charge is -2.24. The van der Waals surface area contributed by atoms with Crippen molar-refractivity contribution in [1.29, 1.82) is 0 Å². The van der Waals surface area contributed by atoms with Gasteiger partial charge in [-0.05, 0) is 24.3 Å². The van der Waals surface area contributed by atoms with Crippen LogP contribution in [0, 0.1) is 0 Å². The van der Waals surface area contributed by atoms with E-state index in [4.69, 9.17) is 5.73 Å². The number of hydrogen-bond acceptors (Lipinski definition) is 4. The van der Waals surface area contributed by atoms with Gasteiger partial charge in [0.2, 0.25) is 0 Å². The molecule has 0 spiro atoms. The normalized spacial score (nSPS) is 19.0. The number of carbonyl (C=O) groups is 1. The average Bonchev–Trinajstić information content (AvgIpc) is 3.08. The van der Waals surface area contributed by atoms with Gasteiger partial charge in [-0.15, -0.1) is 11.3 Å². The summed E-state index contributed by atoms with van der Waals surface area (Å²) in [6.45, 7) is 0.784. The highest BCUT2D eigenvalue weighted by Crippen LogP contribution is 2.35. The lowest BCUT2D eigenvalue weighted by atomic mass is 10.2. The maximum absolute atomic E-state index is 12.6. The molecule has 19 heavy (non-hydrogen) atoms. The Kier molecular flexibility index (Phi) is 3.02. The van der Waals surface area contributed by atoms with Gasteiger partial charge >= 0.3 is 0 Å². The van der Waals surface area contributed by atoms with Crippen LogP contribution in [0.4, 0.5) is 5.69 Å². The summed E-state index contributed by atoms with van der Waals surface area (Å²) >= 11 is 1.70. The number of likely N-dealkylation sites (tertiary alicyclic amines) is 1. The van der Waals surface area contributed by atoms with Crippen LogP contribution in [-0.2, 0) is 7.05 Å². The molecule has 2 N–H and O–H groups in total. The van der Waals surface area contributed by atoms with Gasteiger partial charge in [0.1, 0.15) is 5.69 Å². The van der Waals surface area contributed by atoms with E-state index >= 15 is 0 Å². The van der Waals surface area contributed by atoms with Crippen LogP contribution in [0.5, 0.6) is 0 Å². The molecule has 1 unspecified atom stereocenters. The van der Waals surface area contributed by atoms with Gasteiger partial charge in [0.25, 0.3) is 5.91 Å². The highest BCUT2D eigenvalue weighted by atomic mass is 32.1. The molecule has 1 atom stereocenters. The van der Waals surface area contributed by atoms with Crippen molar-refractivity contribution in [3.05, 3.63) is 34.3 Å². The summed E-state index contributed by atoms with van der Waals surface area (Å²) in [5.74, 6) is -0.0200. The molecule has 3 rings (SSSR count). The molecule has 1 amide bonds. The van der Waals surface area contributed by atoms with Crippen LogP contribution in [0.25, 0.3) is 0 Å². The molecule has 0 radical (unpaired) electrons. The summed E-state index contributed by atoms with van der Waals surface area (Å²) in [5.41, 5.74) is 6.78. The predicted molar refractivity (Wildman–Crippen MR) is 75.0 cm³/mol. The summed E-state index contributed by atoms with van der Waals surface area (Å²) < 4.78 is 1.56. The van der Waals surface area contributed by atoms with E-state index in [9.17, 15) is 4.79 Å². The van der Waals surface area contributed by atoms with Crippen molar-refractivity contribution in [3.8, 4) is 0 Å². The molecule has 1 aliphatic rings. The zero-order chi connectivity index (χ0) is 13.4. The molecule has 1 saturated heterocycles. The van der Waals surface area contributed by atoms with Crippen molar-refractivity contribution >= 4 is 22.9 Å². The van der Waals surface area contributed by atoms with Gasteiger partial charge in [0.15, 0.2) is 0 Å². The van der Waals surface area contributed by atoms with Crippen LogP contribution in [0.3, 0.4) is 0 Å². The molecule has 0 saturated carbocycles. The molecule has 0 aliphatic carbocycles. The zero-order valence-corrected chi connectivity index (χ0v) is 11.6. The average molecular weight is 276 g/mol. The molecule has 1 aliphatic heterocycles. The number of nitrogen functional groups attached to an aromatic ring is 1. The van der Waals surface area contributed by atoms with Gasteiger partial charge in [-0.3, -0.25) is 9.48 Å². The first kappa shape index (κ1) is 12.2. The van der Waals surface area contributed by atoms with E-state index in [1.807, 2.05) is 11.0 Å². The van der Waals surface area contributed by atoms with Crippen molar-refractivity contribution in [2.45, 2.75) is 18.9 Å². The Morgan fingerprint density at radius 1 is 1.58 bits per heavy atom. The molecular weight excluding hydrogens is 260 g/mol. The Bertz CT molecular complexity index is 570. The van der Waals surface area contributed by atoms with Crippen LogP contribution in [-0.4, -0.2) is 27.1 Å². The second-order valence-electron chi connectivity index (χ2n) is 4.74. The molecule has 6 heteroatoms. The lowest BCUT2D eigenvalue weighted by molar-refractivity contribution is 0.0728. The third-order valence-electron chi connectivity index (χ3n) is 3.55. The van der Waals surface area contributed by atoms with E-state index in [1.165, 1.54) is 11.1 Å². The molecule has 100 valence electrons. The summed E-state index contributed by atoms with van der Waals surface area (Å²) in [4.78, 5) is 15.8. The van der Waals surface area contributed by atoms with Gasteiger partial charge in [-0.2, -0.15) is 5.10 Å². The number of carbonyl (C=O) groups excluding carboxylic acids is 1. The molecule has 3 heterocycles. The van der Waals surface area contributed by atoms with Crippen molar-refractivity contribution in [2.75, 3.05) is 12.3 Å². The van der Waals surface area contributed by atoms with Gasteiger partial charge in [-0.1, -0.05) is 6.07 Å². The van der Waals surface area contributed by atoms with Crippen molar-refractivity contribution < 1.29 is 4.79 Å². The number of aromatic nitrogens is 2. The van der Waals surface area contributed by atoms with Gasteiger partial charge in [-0.25, -0.2) is 0 Å². The van der Waals surface area contributed by atoms with Crippen molar-refractivity contribution in [2.24, 2.45) is 7.05 Å². The standard InChI is InChI=1S/C13H16N4OS/c1-16-12(9(14)8-15-16)13(18)17-6-2-4-10(17)11-5-3-7-19-11/h3,5,7-8,10H,2,4,6,14H2,1H3. The number of anilines is 1. The van der Waals surface area contributed by atoms with Crippen LogP contribution >= 0.6 is 11.3 Å². The number of nitrogens with two attached hydrogens (primary N) is 1. The molecule has 5 nitrogen and oxygen atoms in total. The molecule has 0 aromatic carbocycles. The minimum absolute atomic E-state index is 0.0200. The lowest BCUT2D eigenvalue weighted by Crippen LogP contribution is -2.32. The topological polar surface area (TPSA) is 64.2 Å². The first-order chi connectivity index (χ1) is 9.18. The van der Waals surface area contributed by atoms with Gasteiger partial charge in [0.05, 0.1) is 17.9 Å². The van der Waals surface area contributed by atoms with Crippen molar-refractivity contribution in [1.82, 2.24) is 14.7 Å². The molecule has 2 aromatic rings. The van der Waals surface area contributed by atoms with Crippen LogP contribution in [0.2, 0.25) is 0 Å². The summed E-state index contributed by atoms with van der Waals surface area (Å²) in [5, 5.41) is 6.09. The molecule has 2 aromatic heterocycles. The second-order valence-corrected chi connectivity index (χ2v) is 5.72. The Labute approximate surface area is 115 Å². The molecule has 0 bridgehead atoms. The van der Waals surface area contributed by atoms with Crippen LogP contribution in [0.1, 0.15) is 34.2 Å². The van der Waals surface area contributed by atoms with E-state index in [0.717, 1.165) is 19.4 Å². The molecule has 1 fully saturated rings. The number of aryl methyl sites for hydroxylation is 1. The maximum atomic E-state index is 12.6. The Hall–Kier alpha value is -1.82. The van der Waals surface area contributed by atoms with E-state index in [2.05, 4.69) is 16.5 Å². The summed E-state index contributed by atoms with van der Waals surface area (Å²) in [6.07, 6.45) is 3.58. The van der Waals surface area contributed by atoms with Crippen LogP contribution in [0.15, 0.2) is 23.7 Å². The van der Waals surface area contributed by atoms with Gasteiger partial charge in [0, 0.05) is 18.5 Å². The Balaban J connectivity index is 1.91. The number of nitrogens with zero attached hydrogens (tertiary/aromatic N) is 3. The quantitative estimate of drug-likeness (QED) is 0.913. The van der Waals surface area contributed by atoms with E-state index in [0.29, 0.717) is 11.4 Å². The Morgan fingerprint density at radius 2 is 2.42 bits per heavy atom. The van der Waals surface area contributed by atoms with Crippen molar-refractivity contribution in [3.63, 3.8) is 0 Å². The summed E-state index contributed by atoms with van der Waals surface area (Å²) in [6, 6.07) is 4.30. The number of rotatable bonds is 2. The molecular formula is C13H16N4OS. The monoisotopic (exact) mass is 276 g/mol. The smallest absolute Gasteiger partial charge is 0.274 e. The SMILES string of the molecule is Cn1ncc(N)c1C(=O)N1CCCC1c1cccs1. The fraction of sp³-hybridized carbons (Fsp3) is 0.385. The third-order valence-corrected chi connectivity index (χ3v) is 4.53. The first-order valence-corrected chi connectivity index (χ1v) is 7.18. The van der Waals surface area contributed by atoms with E-state index in [1.54, 1.807) is 23.1 Å². The number of thiophene rings is 1. The van der Waals surface area contributed by atoms with Crippen LogP contribution < -0.4 is 5.73 Å². The largest absolute Gasteiger partial charge is 0.396 e. The minimum Gasteiger partial charge on any atom is -0.396 e. The van der Waals surface area contributed by atoms with Gasteiger partial charge < -0.3 is 10.6 Å². The second kappa shape index (κ2) is 4.70. The fourth-order valence-corrected chi connectivity index (χ4v) is 3.51. The predicted octanol–water partition coefficient (Wildman–Crippen LogP) is 2.04.